The maximum atomic E-state index is 13.0. The number of hydrogen-bond acceptors (Lipinski definition) is 3. The lowest BCUT2D eigenvalue weighted by Gasteiger charge is -1.96. The van der Waals surface area contributed by atoms with Gasteiger partial charge in [-0.25, -0.2) is 9.82 Å². The summed E-state index contributed by atoms with van der Waals surface area (Å²) < 4.78 is 13.0. The molecule has 1 aromatic carbocycles. The van der Waals surface area contributed by atoms with Gasteiger partial charge in [-0.2, -0.15) is 5.10 Å². The van der Waals surface area contributed by atoms with Gasteiger partial charge >= 0.3 is 0 Å². The molecule has 5 heteroatoms. The maximum absolute atomic E-state index is 13.0. The summed E-state index contributed by atoms with van der Waals surface area (Å²) in [7, 11) is 0. The number of carbonyl (C=O) groups excluding carboxylic acids is 1. The highest BCUT2D eigenvalue weighted by Crippen LogP contribution is 2.30. The Morgan fingerprint density at radius 1 is 1.35 bits per heavy atom. The van der Waals surface area contributed by atoms with Crippen molar-refractivity contribution in [2.45, 2.75) is 19.3 Å². The summed E-state index contributed by atoms with van der Waals surface area (Å²) in [6, 6.07) is 7.99. The molecule has 2 aromatic rings. The van der Waals surface area contributed by atoms with Gasteiger partial charge in [0.05, 0.1) is 11.1 Å². The van der Waals surface area contributed by atoms with Crippen LogP contribution in [0.1, 0.15) is 32.1 Å². The molecule has 20 heavy (non-hydrogen) atoms. The number of amides is 1. The largest absolute Gasteiger partial charge is 0.281 e. The van der Waals surface area contributed by atoms with E-state index in [1.54, 1.807) is 12.1 Å². The third-order valence-corrected chi connectivity index (χ3v) is 4.43. The minimum Gasteiger partial charge on any atom is -0.266 e. The van der Waals surface area contributed by atoms with E-state index >= 15 is 0 Å². The Morgan fingerprint density at radius 3 is 3.05 bits per heavy atom. The number of hydrazone groups is 1. The van der Waals surface area contributed by atoms with Crippen LogP contribution >= 0.6 is 11.3 Å². The van der Waals surface area contributed by atoms with Crippen LogP contribution in [0.25, 0.3) is 0 Å². The number of hydrogen-bond donors (Lipinski definition) is 1. The van der Waals surface area contributed by atoms with E-state index < -0.39 is 0 Å². The lowest BCUT2D eigenvalue weighted by molar-refractivity contribution is 0.0959. The summed E-state index contributed by atoms with van der Waals surface area (Å²) in [6.07, 6.45) is 4.74. The molecule has 0 atom stereocenters. The van der Waals surface area contributed by atoms with Crippen molar-refractivity contribution in [2.75, 3.05) is 0 Å². The third-order valence-electron chi connectivity index (χ3n) is 3.20. The zero-order valence-corrected chi connectivity index (χ0v) is 11.5. The van der Waals surface area contributed by atoms with Crippen LogP contribution in [0.3, 0.4) is 0 Å². The van der Waals surface area contributed by atoms with E-state index in [0.717, 1.165) is 12.8 Å². The molecule has 1 aliphatic carbocycles. The first-order valence-electron chi connectivity index (χ1n) is 6.43. The molecule has 0 spiro atoms. The minimum absolute atomic E-state index is 0.211. The molecule has 3 nitrogen and oxygen atoms in total. The second-order valence-corrected chi connectivity index (χ2v) is 5.80. The molecular weight excluding hydrogens is 275 g/mol. The fraction of sp³-hybridized carbons (Fsp3) is 0.200. The van der Waals surface area contributed by atoms with E-state index in [1.165, 1.54) is 46.5 Å². The van der Waals surface area contributed by atoms with Gasteiger partial charge in [-0.05, 0) is 48.6 Å². The number of halogens is 1. The van der Waals surface area contributed by atoms with E-state index in [1.807, 2.05) is 6.07 Å². The van der Waals surface area contributed by atoms with Gasteiger partial charge < -0.3 is 0 Å². The predicted molar refractivity (Wildman–Crippen MR) is 77.8 cm³/mol. The first-order valence-corrected chi connectivity index (χ1v) is 7.24. The molecule has 1 amide bonds. The number of thiophene rings is 1. The smallest absolute Gasteiger partial charge is 0.266 e. The topological polar surface area (TPSA) is 41.5 Å². The van der Waals surface area contributed by atoms with Gasteiger partial charge in [-0.3, -0.25) is 4.79 Å². The van der Waals surface area contributed by atoms with E-state index in [4.69, 9.17) is 0 Å². The second-order valence-electron chi connectivity index (χ2n) is 4.67. The zero-order chi connectivity index (χ0) is 13.9. The number of rotatable bonds is 3. The lowest BCUT2D eigenvalue weighted by atomic mass is 10.2. The second kappa shape index (κ2) is 5.54. The number of carbonyl (C=O) groups is 1. The van der Waals surface area contributed by atoms with Crippen molar-refractivity contribution < 1.29 is 9.18 Å². The molecule has 1 N–H and O–H groups in total. The molecule has 0 fully saturated rings. The van der Waals surface area contributed by atoms with Crippen LogP contribution in [0.15, 0.2) is 35.4 Å². The molecule has 1 aliphatic rings. The van der Waals surface area contributed by atoms with E-state index in [-0.39, 0.29) is 11.7 Å². The SMILES string of the molecule is O=C(N/N=C\c1cccc(F)c1)c1cc2c(s1)CCC2. The van der Waals surface area contributed by atoms with Gasteiger partial charge in [0.25, 0.3) is 5.91 Å². The Labute approximate surface area is 120 Å². The summed E-state index contributed by atoms with van der Waals surface area (Å²) in [4.78, 5) is 13.9. The summed E-state index contributed by atoms with van der Waals surface area (Å²) >= 11 is 1.53. The highest BCUT2D eigenvalue weighted by molar-refractivity contribution is 7.14. The first kappa shape index (κ1) is 13.0. The Kier molecular flexibility index (Phi) is 3.60. The average molecular weight is 288 g/mol. The quantitative estimate of drug-likeness (QED) is 0.684. The molecule has 0 unspecified atom stereocenters. The number of aryl methyl sites for hydroxylation is 2. The number of fused-ring (bicyclic) bond motifs is 1. The average Bonchev–Trinajstić information content (AvgIpc) is 2.99. The summed E-state index contributed by atoms with van der Waals surface area (Å²) in [5, 5.41) is 3.86. The minimum atomic E-state index is -0.324. The maximum Gasteiger partial charge on any atom is 0.281 e. The summed E-state index contributed by atoms with van der Waals surface area (Å²) in [5.41, 5.74) is 4.37. The van der Waals surface area contributed by atoms with Crippen LogP contribution in [0.5, 0.6) is 0 Å². The van der Waals surface area contributed by atoms with Crippen LogP contribution in [-0.4, -0.2) is 12.1 Å². The zero-order valence-electron chi connectivity index (χ0n) is 10.7. The lowest BCUT2D eigenvalue weighted by Crippen LogP contribution is -2.16. The number of nitrogens with zero attached hydrogens (tertiary/aromatic N) is 1. The first-order chi connectivity index (χ1) is 9.72. The molecule has 1 aromatic heterocycles. The van der Waals surface area contributed by atoms with Crippen LogP contribution < -0.4 is 5.43 Å². The highest BCUT2D eigenvalue weighted by atomic mass is 32.1. The van der Waals surface area contributed by atoms with E-state index in [0.29, 0.717) is 10.4 Å². The summed E-state index contributed by atoms with van der Waals surface area (Å²) in [6.45, 7) is 0. The van der Waals surface area contributed by atoms with E-state index in [2.05, 4.69) is 10.5 Å². The van der Waals surface area contributed by atoms with Crippen LogP contribution in [-0.2, 0) is 12.8 Å². The molecule has 1 heterocycles. The predicted octanol–water partition coefficient (Wildman–Crippen LogP) is 3.14. The van der Waals surface area contributed by atoms with Crippen molar-refractivity contribution >= 4 is 23.5 Å². The normalized spacial score (nSPS) is 13.7. The van der Waals surface area contributed by atoms with Crippen molar-refractivity contribution in [3.05, 3.63) is 57.0 Å². The monoisotopic (exact) mass is 288 g/mol. The van der Waals surface area contributed by atoms with Crippen molar-refractivity contribution in [1.82, 2.24) is 5.43 Å². The Hall–Kier alpha value is -2.01. The molecule has 0 bridgehead atoms. The van der Waals surface area contributed by atoms with Gasteiger partial charge in [0, 0.05) is 4.88 Å². The molecule has 0 saturated carbocycles. The Balaban J connectivity index is 1.64. The van der Waals surface area contributed by atoms with Crippen LogP contribution in [0.2, 0.25) is 0 Å². The van der Waals surface area contributed by atoms with Gasteiger partial charge in [0.1, 0.15) is 5.82 Å². The molecule has 0 aliphatic heterocycles. The fourth-order valence-electron chi connectivity index (χ4n) is 2.25. The van der Waals surface area contributed by atoms with Crippen molar-refractivity contribution in [1.29, 1.82) is 0 Å². The molecular formula is C15H13FN2OS. The summed E-state index contributed by atoms with van der Waals surface area (Å²) in [5.74, 6) is -0.535. The fourth-order valence-corrected chi connectivity index (χ4v) is 3.39. The van der Waals surface area contributed by atoms with Gasteiger partial charge in [-0.1, -0.05) is 12.1 Å². The molecule has 0 radical (unpaired) electrons. The molecule has 102 valence electrons. The van der Waals surface area contributed by atoms with Gasteiger partial charge in [-0.15, -0.1) is 11.3 Å². The third kappa shape index (κ3) is 2.77. The van der Waals surface area contributed by atoms with E-state index in [9.17, 15) is 9.18 Å². The highest BCUT2D eigenvalue weighted by Gasteiger charge is 2.17. The number of nitrogens with one attached hydrogen (secondary N) is 1. The number of benzene rings is 1. The molecule has 0 saturated heterocycles. The molecule has 3 rings (SSSR count). The van der Waals surface area contributed by atoms with Crippen molar-refractivity contribution in [2.24, 2.45) is 5.10 Å². The Morgan fingerprint density at radius 2 is 2.25 bits per heavy atom. The van der Waals surface area contributed by atoms with Crippen molar-refractivity contribution in [3.8, 4) is 0 Å². The van der Waals surface area contributed by atoms with Gasteiger partial charge in [0.15, 0.2) is 0 Å². The van der Waals surface area contributed by atoms with Crippen molar-refractivity contribution in [3.63, 3.8) is 0 Å². The van der Waals surface area contributed by atoms with Crippen LogP contribution in [0.4, 0.5) is 4.39 Å². The Bertz CT molecular complexity index is 657. The van der Waals surface area contributed by atoms with Gasteiger partial charge in [0.2, 0.25) is 0 Å². The van der Waals surface area contributed by atoms with Crippen LogP contribution in [0, 0.1) is 5.82 Å². The standard InChI is InChI=1S/C15H13FN2OS/c16-12-5-1-3-10(7-12)9-17-18-15(19)14-8-11-4-2-6-13(11)20-14/h1,3,5,7-9H,2,4,6H2,(H,18,19)/b17-9-.